The molecule has 6 heteroatoms. The highest BCUT2D eigenvalue weighted by Crippen LogP contribution is 2.17. The molecule has 4 N–H and O–H groups in total. The molecule has 0 aromatic heterocycles. The van der Waals surface area contributed by atoms with Gasteiger partial charge in [0, 0.05) is 19.6 Å². The minimum absolute atomic E-state index is 0.286. The lowest BCUT2D eigenvalue weighted by Crippen LogP contribution is -2.48. The molecule has 156 valence electrons. The number of hydrogen-bond donors (Lipinski definition) is 2. The molecule has 0 spiro atoms. The van der Waals surface area contributed by atoms with E-state index in [2.05, 4.69) is 48.2 Å². The van der Waals surface area contributed by atoms with Gasteiger partial charge >= 0.3 is 0 Å². The fourth-order valence-electron chi connectivity index (χ4n) is 3.86. The Bertz CT molecular complexity index is 619. The van der Waals surface area contributed by atoms with Crippen LogP contribution in [0.1, 0.15) is 44.6 Å². The van der Waals surface area contributed by atoms with Gasteiger partial charge in [0.2, 0.25) is 5.96 Å². The summed E-state index contributed by atoms with van der Waals surface area (Å²) >= 11 is 0. The Hall–Kier alpha value is -2.08. The van der Waals surface area contributed by atoms with Crippen LogP contribution in [0.3, 0.4) is 0 Å². The van der Waals surface area contributed by atoms with Crippen molar-refractivity contribution >= 4 is 11.9 Å². The number of likely N-dealkylation sites (N-methyl/N-ethyl adjacent to an activating group) is 1. The summed E-state index contributed by atoms with van der Waals surface area (Å²) in [6, 6.07) is 10.4. The van der Waals surface area contributed by atoms with Crippen LogP contribution in [0.2, 0.25) is 0 Å². The van der Waals surface area contributed by atoms with Crippen LogP contribution < -0.4 is 11.5 Å². The lowest BCUT2D eigenvalue weighted by Gasteiger charge is -2.37. The van der Waals surface area contributed by atoms with Gasteiger partial charge in [-0.2, -0.15) is 4.99 Å². The van der Waals surface area contributed by atoms with Crippen molar-refractivity contribution in [2.45, 2.75) is 45.4 Å². The van der Waals surface area contributed by atoms with Gasteiger partial charge in [-0.05, 0) is 51.0 Å². The van der Waals surface area contributed by atoms with Crippen molar-refractivity contribution in [2.75, 3.05) is 46.3 Å². The SMILES string of the molecule is CCN(CCc1ccccc1)C(N)=NC(N)=NCCCC[N+]1(C)CCCCC1. The molecule has 28 heavy (non-hydrogen) atoms. The molecule has 6 nitrogen and oxygen atoms in total. The molecule has 1 aromatic rings. The topological polar surface area (TPSA) is 80.0 Å². The molecular weight excluding hydrogens is 348 g/mol. The summed E-state index contributed by atoms with van der Waals surface area (Å²) in [5.41, 5.74) is 13.4. The number of benzene rings is 1. The number of nitrogens with zero attached hydrogens (tertiary/aromatic N) is 4. The van der Waals surface area contributed by atoms with Gasteiger partial charge in [-0.25, -0.2) is 0 Å². The van der Waals surface area contributed by atoms with Crippen LogP contribution in [-0.4, -0.2) is 67.6 Å². The molecule has 1 heterocycles. The molecule has 1 aromatic carbocycles. The summed E-state index contributed by atoms with van der Waals surface area (Å²) in [4.78, 5) is 10.7. The van der Waals surface area contributed by atoms with E-state index in [1.807, 2.05) is 11.0 Å². The molecule has 1 saturated heterocycles. The predicted octanol–water partition coefficient (Wildman–Crippen LogP) is 2.59. The second kappa shape index (κ2) is 11.7. The van der Waals surface area contributed by atoms with Gasteiger partial charge in [-0.15, -0.1) is 0 Å². The normalized spacial score (nSPS) is 17.5. The first kappa shape index (κ1) is 22.2. The largest absolute Gasteiger partial charge is 0.369 e. The molecular formula is C22H39N6+. The molecule has 1 aliphatic heterocycles. The third-order valence-electron chi connectivity index (χ3n) is 5.72. The zero-order valence-corrected chi connectivity index (χ0v) is 17.8. The molecule has 0 atom stereocenters. The van der Waals surface area contributed by atoms with E-state index in [9.17, 15) is 0 Å². The number of rotatable bonds is 9. The third kappa shape index (κ3) is 7.89. The molecule has 0 radical (unpaired) electrons. The van der Waals surface area contributed by atoms with Crippen LogP contribution in [0, 0.1) is 0 Å². The molecule has 0 amide bonds. The van der Waals surface area contributed by atoms with Gasteiger partial charge in [0.15, 0.2) is 5.96 Å². The maximum Gasteiger partial charge on any atom is 0.218 e. The molecule has 0 bridgehead atoms. The van der Waals surface area contributed by atoms with Crippen LogP contribution in [0.4, 0.5) is 0 Å². The highest BCUT2D eigenvalue weighted by Gasteiger charge is 2.23. The average molecular weight is 388 g/mol. The Labute approximate surface area is 170 Å². The maximum absolute atomic E-state index is 6.15. The van der Waals surface area contributed by atoms with E-state index in [-0.39, 0.29) is 5.96 Å². The lowest BCUT2D eigenvalue weighted by atomic mass is 10.1. The summed E-state index contributed by atoms with van der Waals surface area (Å²) in [5.74, 6) is 0.736. The Morgan fingerprint density at radius 1 is 1.07 bits per heavy atom. The average Bonchev–Trinajstić information content (AvgIpc) is 2.69. The zero-order valence-electron chi connectivity index (χ0n) is 17.8. The van der Waals surface area contributed by atoms with Crippen LogP contribution in [0.25, 0.3) is 0 Å². The van der Waals surface area contributed by atoms with Crippen molar-refractivity contribution in [3.8, 4) is 0 Å². The van der Waals surface area contributed by atoms with E-state index in [4.69, 9.17) is 11.5 Å². The predicted molar refractivity (Wildman–Crippen MR) is 119 cm³/mol. The fraction of sp³-hybridized carbons (Fsp3) is 0.636. The van der Waals surface area contributed by atoms with Gasteiger partial charge in [-0.3, -0.25) is 4.99 Å². The van der Waals surface area contributed by atoms with Crippen molar-refractivity contribution in [1.82, 2.24) is 4.90 Å². The van der Waals surface area contributed by atoms with E-state index < -0.39 is 0 Å². The lowest BCUT2D eigenvalue weighted by molar-refractivity contribution is -0.914. The molecule has 0 unspecified atom stereocenters. The van der Waals surface area contributed by atoms with Crippen molar-refractivity contribution in [2.24, 2.45) is 21.5 Å². The second-order valence-electron chi connectivity index (χ2n) is 8.08. The maximum atomic E-state index is 6.15. The van der Waals surface area contributed by atoms with E-state index in [0.717, 1.165) is 32.5 Å². The Morgan fingerprint density at radius 2 is 1.79 bits per heavy atom. The van der Waals surface area contributed by atoms with Crippen molar-refractivity contribution < 1.29 is 4.48 Å². The van der Waals surface area contributed by atoms with E-state index in [1.54, 1.807) is 0 Å². The Morgan fingerprint density at radius 3 is 2.46 bits per heavy atom. The summed E-state index contributed by atoms with van der Waals surface area (Å²) in [6.45, 7) is 8.29. The number of hydrogen-bond acceptors (Lipinski definition) is 1. The summed E-state index contributed by atoms with van der Waals surface area (Å²) in [6.07, 6.45) is 7.30. The van der Waals surface area contributed by atoms with Gasteiger partial charge < -0.3 is 20.9 Å². The molecule has 2 rings (SSSR count). The van der Waals surface area contributed by atoms with Gasteiger partial charge in [0.1, 0.15) is 0 Å². The van der Waals surface area contributed by atoms with E-state index in [1.165, 1.54) is 55.4 Å². The number of aliphatic imine (C=N–C) groups is 2. The highest BCUT2D eigenvalue weighted by atomic mass is 15.3. The van der Waals surface area contributed by atoms with Crippen molar-refractivity contribution in [3.05, 3.63) is 35.9 Å². The number of piperidine rings is 1. The number of likely N-dealkylation sites (tertiary alicyclic amines) is 1. The van der Waals surface area contributed by atoms with Crippen molar-refractivity contribution in [1.29, 1.82) is 0 Å². The number of quaternary nitrogens is 1. The highest BCUT2D eigenvalue weighted by molar-refractivity contribution is 5.93. The van der Waals surface area contributed by atoms with E-state index in [0.29, 0.717) is 5.96 Å². The first-order valence-corrected chi connectivity index (χ1v) is 10.8. The first-order chi connectivity index (χ1) is 13.5. The summed E-state index contributed by atoms with van der Waals surface area (Å²) < 4.78 is 1.22. The number of guanidine groups is 2. The molecule has 1 fully saturated rings. The quantitative estimate of drug-likeness (QED) is 0.296. The third-order valence-corrected chi connectivity index (χ3v) is 5.72. The first-order valence-electron chi connectivity index (χ1n) is 10.8. The Balaban J connectivity index is 1.73. The van der Waals surface area contributed by atoms with Crippen molar-refractivity contribution in [3.63, 3.8) is 0 Å². The van der Waals surface area contributed by atoms with Crippen LogP contribution in [0.5, 0.6) is 0 Å². The van der Waals surface area contributed by atoms with Crippen LogP contribution >= 0.6 is 0 Å². The minimum atomic E-state index is 0.286. The smallest absolute Gasteiger partial charge is 0.218 e. The zero-order chi connectivity index (χ0) is 20.2. The monoisotopic (exact) mass is 387 g/mol. The molecule has 0 saturated carbocycles. The fourth-order valence-corrected chi connectivity index (χ4v) is 3.86. The minimum Gasteiger partial charge on any atom is -0.369 e. The van der Waals surface area contributed by atoms with E-state index >= 15 is 0 Å². The van der Waals surface area contributed by atoms with Gasteiger partial charge in [0.05, 0.1) is 26.7 Å². The van der Waals surface area contributed by atoms with Crippen LogP contribution in [0.15, 0.2) is 40.3 Å². The van der Waals surface area contributed by atoms with Gasteiger partial charge in [0.25, 0.3) is 0 Å². The standard InChI is InChI=1S/C22H39N6/c1-3-27(16-14-20-12-6-4-7-13-20)22(24)26-21(23)25-15-8-11-19-28(2)17-9-5-10-18-28/h4,6-7,12-13H,3,5,8-11,14-19H2,1-2H3,(H4,23,24,25,26)/q+1. The molecule has 0 aliphatic carbocycles. The molecule has 1 aliphatic rings. The number of unbranched alkanes of at least 4 members (excludes halogenated alkanes) is 1. The second-order valence-corrected chi connectivity index (χ2v) is 8.08. The Kier molecular flexibility index (Phi) is 9.28. The summed E-state index contributed by atoms with van der Waals surface area (Å²) in [7, 11) is 2.39. The summed E-state index contributed by atoms with van der Waals surface area (Å²) in [5, 5.41) is 0. The van der Waals surface area contributed by atoms with Crippen LogP contribution in [-0.2, 0) is 6.42 Å². The van der Waals surface area contributed by atoms with Gasteiger partial charge in [-0.1, -0.05) is 30.3 Å². The number of nitrogens with two attached hydrogens (primary N) is 2.